The van der Waals surface area contributed by atoms with Crippen LogP contribution < -0.4 is 10.5 Å². The molecule has 0 fully saturated rings. The van der Waals surface area contributed by atoms with Crippen LogP contribution in [0.25, 0.3) is 0 Å². The summed E-state index contributed by atoms with van der Waals surface area (Å²) in [5, 5.41) is 10.6. The molecule has 104 valence electrons. The molecule has 5 nitrogen and oxygen atoms in total. The van der Waals surface area contributed by atoms with Crippen molar-refractivity contribution in [3.05, 3.63) is 56.6 Å². The van der Waals surface area contributed by atoms with Crippen LogP contribution in [0.5, 0.6) is 11.5 Å². The molecule has 0 aliphatic heterocycles. The number of hydrogen-bond acceptors (Lipinski definition) is 4. The first kappa shape index (κ1) is 14.2. The second-order valence-electron chi connectivity index (χ2n) is 3.78. The molecule has 0 radical (unpaired) electrons. The van der Waals surface area contributed by atoms with Crippen molar-refractivity contribution in [1.29, 1.82) is 0 Å². The zero-order valence-corrected chi connectivity index (χ0v) is 11.4. The van der Waals surface area contributed by atoms with Gasteiger partial charge in [0.05, 0.1) is 10.6 Å². The number of nitrogens with two attached hydrogens (primary N) is 1. The third kappa shape index (κ3) is 2.85. The lowest BCUT2D eigenvalue weighted by atomic mass is 10.2. The molecular formula is C12H7BrF2N2O3. The molecule has 0 amide bonds. The second-order valence-corrected chi connectivity index (χ2v) is 4.70. The standard InChI is InChI=1S/C12H7BrF2N2O3/c13-6-3-8(14)12(15)11(4-6)20-10-2-1-7(17(18)19)5-9(10)16/h1-5H,16H2. The van der Waals surface area contributed by atoms with Crippen LogP contribution in [0.15, 0.2) is 34.8 Å². The van der Waals surface area contributed by atoms with Crippen molar-refractivity contribution in [1.82, 2.24) is 0 Å². The van der Waals surface area contributed by atoms with E-state index in [-0.39, 0.29) is 27.3 Å². The molecule has 0 aliphatic carbocycles. The molecule has 0 aliphatic rings. The van der Waals surface area contributed by atoms with E-state index >= 15 is 0 Å². The first-order chi connectivity index (χ1) is 9.38. The minimum atomic E-state index is -1.18. The summed E-state index contributed by atoms with van der Waals surface area (Å²) in [5.74, 6) is -2.65. The number of nitro benzene ring substituents is 1. The highest BCUT2D eigenvalue weighted by atomic mass is 79.9. The molecule has 2 N–H and O–H groups in total. The zero-order valence-electron chi connectivity index (χ0n) is 9.77. The van der Waals surface area contributed by atoms with Gasteiger partial charge < -0.3 is 10.5 Å². The predicted molar refractivity (Wildman–Crippen MR) is 71.6 cm³/mol. The molecule has 0 aromatic heterocycles. The van der Waals surface area contributed by atoms with Gasteiger partial charge in [0.15, 0.2) is 17.3 Å². The van der Waals surface area contributed by atoms with Gasteiger partial charge in [-0.15, -0.1) is 0 Å². The molecule has 2 rings (SSSR count). The Morgan fingerprint density at radius 3 is 2.50 bits per heavy atom. The maximum Gasteiger partial charge on any atom is 0.271 e. The monoisotopic (exact) mass is 344 g/mol. The van der Waals surface area contributed by atoms with Gasteiger partial charge in [-0.2, -0.15) is 4.39 Å². The predicted octanol–water partition coefficient (Wildman–Crippen LogP) is 4.01. The van der Waals surface area contributed by atoms with E-state index in [1.807, 2.05) is 0 Å². The number of ether oxygens (including phenoxy) is 1. The number of nitrogens with zero attached hydrogens (tertiary/aromatic N) is 1. The van der Waals surface area contributed by atoms with E-state index < -0.39 is 16.6 Å². The van der Waals surface area contributed by atoms with E-state index in [9.17, 15) is 18.9 Å². The topological polar surface area (TPSA) is 78.4 Å². The fourth-order valence-corrected chi connectivity index (χ4v) is 1.88. The largest absolute Gasteiger partial charge is 0.452 e. The lowest BCUT2D eigenvalue weighted by molar-refractivity contribution is -0.384. The Kier molecular flexibility index (Phi) is 3.84. The maximum atomic E-state index is 13.5. The first-order valence-electron chi connectivity index (χ1n) is 5.25. The van der Waals surface area contributed by atoms with E-state index in [0.717, 1.165) is 18.2 Å². The van der Waals surface area contributed by atoms with Gasteiger partial charge in [-0.3, -0.25) is 10.1 Å². The highest BCUT2D eigenvalue weighted by molar-refractivity contribution is 9.10. The summed E-state index contributed by atoms with van der Waals surface area (Å²) in [6.07, 6.45) is 0. The summed E-state index contributed by atoms with van der Waals surface area (Å²) in [5.41, 5.74) is 5.29. The third-order valence-electron chi connectivity index (χ3n) is 2.38. The van der Waals surface area contributed by atoms with Crippen LogP contribution >= 0.6 is 15.9 Å². The number of nitrogen functional groups attached to an aromatic ring is 1. The SMILES string of the molecule is Nc1cc([N+](=O)[O-])ccc1Oc1cc(Br)cc(F)c1F. The summed E-state index contributed by atoms with van der Waals surface area (Å²) in [7, 11) is 0. The molecular weight excluding hydrogens is 338 g/mol. The molecule has 0 heterocycles. The van der Waals surface area contributed by atoms with Gasteiger partial charge >= 0.3 is 0 Å². The molecule has 8 heteroatoms. The van der Waals surface area contributed by atoms with E-state index in [4.69, 9.17) is 10.5 Å². The average Bonchev–Trinajstić information content (AvgIpc) is 2.37. The van der Waals surface area contributed by atoms with Gasteiger partial charge in [-0.25, -0.2) is 4.39 Å². The van der Waals surface area contributed by atoms with Gasteiger partial charge in [0.25, 0.3) is 5.69 Å². The van der Waals surface area contributed by atoms with E-state index in [1.54, 1.807) is 0 Å². The normalized spacial score (nSPS) is 10.3. The number of nitro groups is 1. The van der Waals surface area contributed by atoms with Crippen LogP contribution in [-0.4, -0.2) is 4.92 Å². The average molecular weight is 345 g/mol. The Morgan fingerprint density at radius 2 is 1.90 bits per heavy atom. The molecule has 0 saturated heterocycles. The lowest BCUT2D eigenvalue weighted by Crippen LogP contribution is -1.97. The first-order valence-corrected chi connectivity index (χ1v) is 6.04. The molecule has 0 atom stereocenters. The summed E-state index contributed by atoms with van der Waals surface area (Å²) >= 11 is 3.00. The van der Waals surface area contributed by atoms with Gasteiger partial charge in [-0.1, -0.05) is 15.9 Å². The van der Waals surface area contributed by atoms with E-state index in [0.29, 0.717) is 0 Å². The zero-order chi connectivity index (χ0) is 14.9. The van der Waals surface area contributed by atoms with E-state index in [1.165, 1.54) is 12.1 Å². The molecule has 0 unspecified atom stereocenters. The van der Waals surface area contributed by atoms with Crippen molar-refractivity contribution in [3.63, 3.8) is 0 Å². The quantitative estimate of drug-likeness (QED) is 0.395. The summed E-state index contributed by atoms with van der Waals surface area (Å²) in [4.78, 5) is 9.93. The number of halogens is 3. The van der Waals surface area contributed by atoms with Crippen LogP contribution in [0.4, 0.5) is 20.2 Å². The van der Waals surface area contributed by atoms with Crippen LogP contribution in [0.1, 0.15) is 0 Å². The Hall–Kier alpha value is -2.22. The minimum absolute atomic E-state index is 0.00741. The molecule has 0 bridgehead atoms. The number of non-ortho nitro benzene ring substituents is 1. The Labute approximate surface area is 120 Å². The van der Waals surface area contributed by atoms with Crippen molar-refractivity contribution in [2.45, 2.75) is 0 Å². The van der Waals surface area contributed by atoms with Crippen LogP contribution in [0.3, 0.4) is 0 Å². The van der Waals surface area contributed by atoms with Gasteiger partial charge in [-0.05, 0) is 18.2 Å². The fraction of sp³-hybridized carbons (Fsp3) is 0. The molecule has 2 aromatic rings. The smallest absolute Gasteiger partial charge is 0.271 e. The van der Waals surface area contributed by atoms with Gasteiger partial charge in [0.2, 0.25) is 5.82 Å². The Balaban J connectivity index is 2.38. The molecule has 0 saturated carbocycles. The van der Waals surface area contributed by atoms with E-state index in [2.05, 4.69) is 15.9 Å². The van der Waals surface area contributed by atoms with Gasteiger partial charge in [0.1, 0.15) is 0 Å². The van der Waals surface area contributed by atoms with Crippen molar-refractivity contribution < 1.29 is 18.4 Å². The van der Waals surface area contributed by atoms with Gasteiger partial charge in [0, 0.05) is 16.6 Å². The number of hydrogen-bond donors (Lipinski definition) is 1. The fourth-order valence-electron chi connectivity index (χ4n) is 1.47. The second kappa shape index (κ2) is 5.41. The lowest BCUT2D eigenvalue weighted by Gasteiger charge is -2.10. The van der Waals surface area contributed by atoms with Crippen molar-refractivity contribution >= 4 is 27.3 Å². The molecule has 20 heavy (non-hydrogen) atoms. The van der Waals surface area contributed by atoms with Crippen LogP contribution in [-0.2, 0) is 0 Å². The molecule has 0 spiro atoms. The summed E-state index contributed by atoms with van der Waals surface area (Å²) in [6.45, 7) is 0. The Bertz CT molecular complexity index is 695. The summed E-state index contributed by atoms with van der Waals surface area (Å²) in [6, 6.07) is 5.60. The number of benzene rings is 2. The van der Waals surface area contributed by atoms with Crippen molar-refractivity contribution in [3.8, 4) is 11.5 Å². The third-order valence-corrected chi connectivity index (χ3v) is 2.84. The maximum absolute atomic E-state index is 13.5. The Morgan fingerprint density at radius 1 is 1.20 bits per heavy atom. The number of anilines is 1. The summed E-state index contributed by atoms with van der Waals surface area (Å²) < 4.78 is 32.2. The van der Waals surface area contributed by atoms with Crippen molar-refractivity contribution in [2.75, 3.05) is 5.73 Å². The van der Waals surface area contributed by atoms with Crippen molar-refractivity contribution in [2.24, 2.45) is 0 Å². The molecule has 2 aromatic carbocycles. The highest BCUT2D eigenvalue weighted by Gasteiger charge is 2.15. The number of rotatable bonds is 3. The van der Waals surface area contributed by atoms with Crippen LogP contribution in [0.2, 0.25) is 0 Å². The minimum Gasteiger partial charge on any atom is -0.452 e. The highest BCUT2D eigenvalue weighted by Crippen LogP contribution is 2.34. The van der Waals surface area contributed by atoms with Crippen LogP contribution in [0, 0.1) is 21.7 Å².